The van der Waals surface area contributed by atoms with E-state index in [0.717, 1.165) is 67.6 Å². The summed E-state index contributed by atoms with van der Waals surface area (Å²) in [5.41, 5.74) is 0. The maximum Gasteiger partial charge on any atom is 0.181 e. The van der Waals surface area contributed by atoms with E-state index < -0.39 is 0 Å². The molecular formula is C22H26O4S4. The Kier molecular flexibility index (Phi) is 9.36. The topological polar surface area (TPSA) is 36.9 Å². The van der Waals surface area contributed by atoms with Crippen molar-refractivity contribution in [1.82, 2.24) is 0 Å². The Balaban J connectivity index is 2.08. The van der Waals surface area contributed by atoms with Crippen molar-refractivity contribution in [3.63, 3.8) is 0 Å². The van der Waals surface area contributed by atoms with Crippen LogP contribution in [0.1, 0.15) is 27.7 Å². The molecule has 0 radical (unpaired) electrons. The average molecular weight is 483 g/mol. The highest BCUT2D eigenvalue weighted by molar-refractivity contribution is 7.95. The first-order valence-corrected chi connectivity index (χ1v) is 13.6. The Labute approximate surface area is 195 Å². The zero-order valence-electron chi connectivity index (χ0n) is 17.6. The Morgan fingerprint density at radius 3 is 0.867 bits per heavy atom. The summed E-state index contributed by atoms with van der Waals surface area (Å²) in [7, 11) is 0. The fourth-order valence-electron chi connectivity index (χ4n) is 2.77. The minimum absolute atomic E-state index is 0.743. The molecular weight excluding hydrogens is 457 g/mol. The third-order valence-corrected chi connectivity index (χ3v) is 6.12. The molecule has 0 atom stereocenters. The average Bonchev–Trinajstić information content (AvgIpc) is 2.76. The third kappa shape index (κ3) is 5.93. The van der Waals surface area contributed by atoms with Gasteiger partial charge in [0.15, 0.2) is 23.0 Å². The van der Waals surface area contributed by atoms with E-state index >= 15 is 0 Å². The minimum atomic E-state index is 0.743. The van der Waals surface area contributed by atoms with Gasteiger partial charge in [0.05, 0.1) is 48.2 Å². The molecule has 3 rings (SSSR count). The van der Waals surface area contributed by atoms with E-state index in [9.17, 15) is 0 Å². The molecule has 4 nitrogen and oxygen atoms in total. The molecule has 0 aliphatic heterocycles. The van der Waals surface area contributed by atoms with Crippen molar-refractivity contribution in [2.24, 2.45) is 0 Å². The van der Waals surface area contributed by atoms with Crippen LogP contribution in [0.5, 0.6) is 23.0 Å². The molecule has 0 aliphatic rings. The van der Waals surface area contributed by atoms with E-state index in [1.54, 1.807) is 0 Å². The lowest BCUT2D eigenvalue weighted by molar-refractivity contribution is 0.572. The van der Waals surface area contributed by atoms with Gasteiger partial charge in [-0.05, 0) is 57.9 Å². The van der Waals surface area contributed by atoms with Crippen LogP contribution in [0.4, 0.5) is 0 Å². The van der Waals surface area contributed by atoms with Crippen molar-refractivity contribution in [3.8, 4) is 23.0 Å². The first-order valence-electron chi connectivity index (χ1n) is 9.93. The van der Waals surface area contributed by atoms with Gasteiger partial charge in [-0.25, -0.2) is 0 Å². The molecule has 0 unspecified atom stereocenters. The van der Waals surface area contributed by atoms with Crippen LogP contribution in [0.25, 0.3) is 21.5 Å². The second-order valence-electron chi connectivity index (χ2n) is 6.10. The Morgan fingerprint density at radius 2 is 0.667 bits per heavy atom. The maximum atomic E-state index is 5.87. The number of rotatable bonds is 12. The van der Waals surface area contributed by atoms with Crippen LogP contribution in [0.15, 0.2) is 36.4 Å². The molecule has 0 aliphatic carbocycles. The lowest BCUT2D eigenvalue weighted by Crippen LogP contribution is -1.91. The standard InChI is InChI=1S/C22H26O4S4/c1-5-27-23-19-11-15-9-17-13-21(25-29-7-3)22(26-30-8-4)14-18(17)10-16(15)12-20(19)24-28-6-2/h9-14H,5-8H2,1-4H3. The van der Waals surface area contributed by atoms with E-state index in [2.05, 4.69) is 39.8 Å². The predicted molar refractivity (Wildman–Crippen MR) is 136 cm³/mol. The monoisotopic (exact) mass is 482 g/mol. The molecule has 0 saturated carbocycles. The van der Waals surface area contributed by atoms with E-state index in [1.807, 2.05) is 24.3 Å². The van der Waals surface area contributed by atoms with Crippen LogP contribution in [0, 0.1) is 0 Å². The van der Waals surface area contributed by atoms with Gasteiger partial charge < -0.3 is 16.7 Å². The lowest BCUT2D eigenvalue weighted by Gasteiger charge is -2.14. The summed E-state index contributed by atoms with van der Waals surface area (Å²) in [4.78, 5) is 0. The van der Waals surface area contributed by atoms with Crippen LogP contribution in [0.2, 0.25) is 0 Å². The number of hydrogen-bond acceptors (Lipinski definition) is 8. The molecule has 0 amide bonds. The first kappa shape index (κ1) is 23.4. The summed E-state index contributed by atoms with van der Waals surface area (Å²) in [5.74, 6) is 6.43. The van der Waals surface area contributed by atoms with E-state index in [0.29, 0.717) is 0 Å². The second-order valence-corrected chi connectivity index (χ2v) is 10.0. The van der Waals surface area contributed by atoms with Gasteiger partial charge in [0.1, 0.15) is 0 Å². The predicted octanol–water partition coefficient (Wildman–Crippen LogP) is 8.18. The second kappa shape index (κ2) is 12.0. The van der Waals surface area contributed by atoms with Gasteiger partial charge in [-0.2, -0.15) is 0 Å². The van der Waals surface area contributed by atoms with Crippen LogP contribution >= 0.6 is 48.2 Å². The van der Waals surface area contributed by atoms with Crippen molar-refractivity contribution in [3.05, 3.63) is 36.4 Å². The highest BCUT2D eigenvalue weighted by Crippen LogP contribution is 2.41. The Bertz CT molecular complexity index is 827. The van der Waals surface area contributed by atoms with Gasteiger partial charge in [-0.3, -0.25) is 0 Å². The van der Waals surface area contributed by atoms with Crippen LogP contribution in [-0.4, -0.2) is 23.0 Å². The summed E-state index contributed by atoms with van der Waals surface area (Å²) in [6.07, 6.45) is 0. The van der Waals surface area contributed by atoms with E-state index in [-0.39, 0.29) is 0 Å². The molecule has 0 aromatic heterocycles. The normalized spacial score (nSPS) is 11.1. The molecule has 162 valence electrons. The summed E-state index contributed by atoms with van der Waals surface area (Å²) >= 11 is 5.64. The largest absolute Gasteiger partial charge is 0.422 e. The van der Waals surface area contributed by atoms with Gasteiger partial charge in [0.2, 0.25) is 0 Å². The van der Waals surface area contributed by atoms with Crippen LogP contribution < -0.4 is 16.7 Å². The Hall–Kier alpha value is -1.22. The summed E-state index contributed by atoms with van der Waals surface area (Å²) < 4.78 is 23.5. The Morgan fingerprint density at radius 1 is 0.433 bits per heavy atom. The van der Waals surface area contributed by atoms with E-state index in [1.165, 1.54) is 48.2 Å². The van der Waals surface area contributed by atoms with E-state index in [4.69, 9.17) is 16.7 Å². The summed E-state index contributed by atoms with van der Waals surface area (Å²) in [5, 5.41) is 4.37. The quantitative estimate of drug-likeness (QED) is 0.189. The summed E-state index contributed by atoms with van der Waals surface area (Å²) in [6.45, 7) is 8.25. The molecule has 0 heterocycles. The summed E-state index contributed by atoms with van der Waals surface area (Å²) in [6, 6.07) is 12.5. The van der Waals surface area contributed by atoms with Crippen LogP contribution in [0.3, 0.4) is 0 Å². The van der Waals surface area contributed by atoms with Crippen LogP contribution in [-0.2, 0) is 0 Å². The molecule has 3 aromatic carbocycles. The molecule has 0 N–H and O–H groups in total. The highest BCUT2D eigenvalue weighted by Gasteiger charge is 2.13. The third-order valence-electron chi connectivity index (χ3n) is 3.99. The molecule has 0 fully saturated rings. The highest BCUT2D eigenvalue weighted by atomic mass is 32.2. The zero-order chi connectivity index (χ0) is 21.3. The molecule has 0 spiro atoms. The van der Waals surface area contributed by atoms with Crippen molar-refractivity contribution in [2.75, 3.05) is 23.0 Å². The number of benzene rings is 3. The van der Waals surface area contributed by atoms with Gasteiger partial charge in [-0.15, -0.1) is 0 Å². The van der Waals surface area contributed by atoms with Crippen molar-refractivity contribution < 1.29 is 16.7 Å². The zero-order valence-corrected chi connectivity index (χ0v) is 20.8. The van der Waals surface area contributed by atoms with Crippen molar-refractivity contribution in [1.29, 1.82) is 0 Å². The van der Waals surface area contributed by atoms with Gasteiger partial charge >= 0.3 is 0 Å². The molecule has 30 heavy (non-hydrogen) atoms. The molecule has 0 bridgehead atoms. The van der Waals surface area contributed by atoms with Crippen molar-refractivity contribution in [2.45, 2.75) is 27.7 Å². The fourth-order valence-corrected chi connectivity index (χ4v) is 4.27. The maximum absolute atomic E-state index is 5.87. The van der Waals surface area contributed by atoms with Gasteiger partial charge in [0, 0.05) is 23.0 Å². The van der Waals surface area contributed by atoms with Gasteiger partial charge in [-0.1, -0.05) is 27.7 Å². The molecule has 8 heteroatoms. The minimum Gasteiger partial charge on any atom is -0.422 e. The fraction of sp³-hybridized carbons (Fsp3) is 0.364. The SMILES string of the molecule is CCSOc1cc2cc3cc(OSCC)c(OSCC)cc3cc2cc1OSCC. The molecule has 0 saturated heterocycles. The lowest BCUT2D eigenvalue weighted by atomic mass is 10.0. The molecule has 3 aromatic rings. The first-order chi connectivity index (χ1) is 14.7. The number of hydrogen-bond donors (Lipinski definition) is 0. The smallest absolute Gasteiger partial charge is 0.181 e. The number of fused-ring (bicyclic) bond motifs is 2. The van der Waals surface area contributed by atoms with Gasteiger partial charge in [0.25, 0.3) is 0 Å². The van der Waals surface area contributed by atoms with Crippen molar-refractivity contribution >= 4 is 69.7 Å².